The van der Waals surface area contributed by atoms with Crippen molar-refractivity contribution < 1.29 is 9.59 Å². The normalized spacial score (nSPS) is 15.9. The van der Waals surface area contributed by atoms with Gasteiger partial charge in [0.15, 0.2) is 0 Å². The van der Waals surface area contributed by atoms with Crippen LogP contribution in [0.25, 0.3) is 0 Å². The highest BCUT2D eigenvalue weighted by atomic mass is 16.2. The third kappa shape index (κ3) is 3.50. The summed E-state index contributed by atoms with van der Waals surface area (Å²) in [5.74, 6) is -0.117. The van der Waals surface area contributed by atoms with Gasteiger partial charge in [-0.3, -0.25) is 9.59 Å². The number of amides is 2. The summed E-state index contributed by atoms with van der Waals surface area (Å²) in [6, 6.07) is 14.0. The second kappa shape index (κ2) is 7.32. The minimum atomic E-state index is -0.261. The Balaban J connectivity index is 1.75. The molecule has 1 atom stereocenters. The maximum Gasteiger partial charge on any atom is 0.236 e. The molecule has 0 fully saturated rings. The molecule has 2 amide bonds. The SMILES string of the molecule is Cc1cccc(C(C)C)c1NC(=O)CC(=O)N1c2ccccc2CC1C. The summed E-state index contributed by atoms with van der Waals surface area (Å²) in [6.07, 6.45) is 0.684. The maximum absolute atomic E-state index is 12.8. The van der Waals surface area contributed by atoms with Crippen LogP contribution >= 0.6 is 0 Å². The first-order valence-corrected chi connectivity index (χ1v) is 9.17. The topological polar surface area (TPSA) is 49.4 Å². The van der Waals surface area contributed by atoms with E-state index < -0.39 is 0 Å². The summed E-state index contributed by atoms with van der Waals surface area (Å²) in [5, 5.41) is 2.97. The van der Waals surface area contributed by atoms with Crippen molar-refractivity contribution in [3.8, 4) is 0 Å². The standard InChI is InChI=1S/C22H26N2O2/c1-14(2)18-10-7-8-15(3)22(18)23-20(25)13-21(26)24-16(4)12-17-9-5-6-11-19(17)24/h5-11,14,16H,12-13H2,1-4H3,(H,23,25). The number of aryl methyl sites for hydroxylation is 1. The number of nitrogens with one attached hydrogen (secondary N) is 1. The van der Waals surface area contributed by atoms with Crippen molar-refractivity contribution in [2.75, 3.05) is 10.2 Å². The molecule has 4 heteroatoms. The molecule has 1 aliphatic heterocycles. The molecule has 2 aromatic carbocycles. The van der Waals surface area contributed by atoms with Gasteiger partial charge in [0.25, 0.3) is 0 Å². The second-order valence-electron chi connectivity index (χ2n) is 7.36. The Morgan fingerprint density at radius 1 is 1.15 bits per heavy atom. The fraction of sp³-hybridized carbons (Fsp3) is 0.364. The van der Waals surface area contributed by atoms with Crippen LogP contribution in [0.15, 0.2) is 42.5 Å². The molecule has 1 unspecified atom stereocenters. The molecule has 3 rings (SSSR count). The van der Waals surface area contributed by atoms with Crippen molar-refractivity contribution in [1.29, 1.82) is 0 Å². The minimum Gasteiger partial charge on any atom is -0.325 e. The van der Waals surface area contributed by atoms with Crippen LogP contribution in [0, 0.1) is 6.92 Å². The molecule has 0 bridgehead atoms. The summed E-state index contributed by atoms with van der Waals surface area (Å²) < 4.78 is 0. The van der Waals surface area contributed by atoms with Gasteiger partial charge < -0.3 is 10.2 Å². The Hall–Kier alpha value is -2.62. The highest BCUT2D eigenvalue weighted by Gasteiger charge is 2.31. The molecule has 1 N–H and O–H groups in total. The van der Waals surface area contributed by atoms with E-state index in [0.29, 0.717) is 5.92 Å². The molecule has 1 heterocycles. The fourth-order valence-corrected chi connectivity index (χ4v) is 3.69. The molecular formula is C22H26N2O2. The Morgan fingerprint density at radius 2 is 1.88 bits per heavy atom. The first kappa shape index (κ1) is 18.2. The number of anilines is 2. The van der Waals surface area contributed by atoms with Crippen molar-refractivity contribution in [3.63, 3.8) is 0 Å². The first-order chi connectivity index (χ1) is 12.4. The molecule has 0 radical (unpaired) electrons. The predicted molar refractivity (Wildman–Crippen MR) is 106 cm³/mol. The van der Waals surface area contributed by atoms with Gasteiger partial charge in [-0.25, -0.2) is 0 Å². The molecule has 4 nitrogen and oxygen atoms in total. The van der Waals surface area contributed by atoms with Crippen molar-refractivity contribution >= 4 is 23.2 Å². The highest BCUT2D eigenvalue weighted by molar-refractivity contribution is 6.10. The summed E-state index contributed by atoms with van der Waals surface area (Å²) >= 11 is 0. The van der Waals surface area contributed by atoms with E-state index >= 15 is 0 Å². The van der Waals surface area contributed by atoms with Gasteiger partial charge in [-0.05, 0) is 48.9 Å². The van der Waals surface area contributed by atoms with Gasteiger partial charge >= 0.3 is 0 Å². The van der Waals surface area contributed by atoms with Crippen molar-refractivity contribution in [1.82, 2.24) is 0 Å². The smallest absolute Gasteiger partial charge is 0.236 e. The fourth-order valence-electron chi connectivity index (χ4n) is 3.69. The molecule has 0 saturated carbocycles. The zero-order valence-electron chi connectivity index (χ0n) is 15.9. The van der Waals surface area contributed by atoms with Crippen molar-refractivity contribution in [2.45, 2.75) is 52.5 Å². The van der Waals surface area contributed by atoms with Crippen LogP contribution in [0.3, 0.4) is 0 Å². The van der Waals surface area contributed by atoms with Gasteiger partial charge in [0, 0.05) is 17.4 Å². The average Bonchev–Trinajstić information content (AvgIpc) is 2.92. The number of hydrogen-bond donors (Lipinski definition) is 1. The largest absolute Gasteiger partial charge is 0.325 e. The third-order valence-corrected chi connectivity index (χ3v) is 4.98. The summed E-state index contributed by atoms with van der Waals surface area (Å²) in [5.41, 5.74) is 5.02. The van der Waals surface area contributed by atoms with E-state index in [9.17, 15) is 9.59 Å². The van der Waals surface area contributed by atoms with Crippen LogP contribution < -0.4 is 10.2 Å². The molecule has 0 spiro atoms. The van der Waals surface area contributed by atoms with E-state index in [0.717, 1.165) is 34.5 Å². The van der Waals surface area contributed by atoms with E-state index in [1.165, 1.54) is 0 Å². The van der Waals surface area contributed by atoms with E-state index in [2.05, 4.69) is 19.2 Å². The Morgan fingerprint density at radius 3 is 2.62 bits per heavy atom. The number of hydrogen-bond acceptors (Lipinski definition) is 2. The summed E-state index contributed by atoms with van der Waals surface area (Å²) in [7, 11) is 0. The number of carbonyl (C=O) groups is 2. The van der Waals surface area contributed by atoms with Crippen LogP contribution in [0.4, 0.5) is 11.4 Å². The Bertz CT molecular complexity index is 842. The molecular weight excluding hydrogens is 324 g/mol. The lowest BCUT2D eigenvalue weighted by Gasteiger charge is -2.23. The molecule has 136 valence electrons. The summed E-state index contributed by atoms with van der Waals surface area (Å²) in [6.45, 7) is 8.19. The third-order valence-electron chi connectivity index (χ3n) is 4.98. The number of benzene rings is 2. The first-order valence-electron chi connectivity index (χ1n) is 9.17. The minimum absolute atomic E-state index is 0.0809. The van der Waals surface area contributed by atoms with Gasteiger partial charge in [-0.15, -0.1) is 0 Å². The Labute approximate surface area is 155 Å². The van der Waals surface area contributed by atoms with Crippen LogP contribution in [0.5, 0.6) is 0 Å². The lowest BCUT2D eigenvalue weighted by atomic mass is 9.98. The van der Waals surface area contributed by atoms with Crippen molar-refractivity contribution in [2.24, 2.45) is 0 Å². The second-order valence-corrected chi connectivity index (χ2v) is 7.36. The molecule has 0 saturated heterocycles. The van der Waals surface area contributed by atoms with Gasteiger partial charge in [0.2, 0.25) is 11.8 Å². The number of nitrogens with zero attached hydrogens (tertiary/aromatic N) is 1. The number of rotatable bonds is 4. The van der Waals surface area contributed by atoms with E-state index in [-0.39, 0.29) is 24.3 Å². The molecule has 1 aliphatic rings. The van der Waals surface area contributed by atoms with Gasteiger partial charge in [-0.1, -0.05) is 50.2 Å². The predicted octanol–water partition coefficient (Wildman–Crippen LogP) is 4.42. The van der Waals surface area contributed by atoms with Crippen LogP contribution in [-0.4, -0.2) is 17.9 Å². The quantitative estimate of drug-likeness (QED) is 0.830. The number of fused-ring (bicyclic) bond motifs is 1. The Kier molecular flexibility index (Phi) is 5.12. The van der Waals surface area contributed by atoms with E-state index in [1.807, 2.05) is 56.3 Å². The van der Waals surface area contributed by atoms with Crippen LogP contribution in [0.1, 0.15) is 49.8 Å². The number of carbonyl (C=O) groups excluding carboxylic acids is 2. The lowest BCUT2D eigenvalue weighted by molar-refractivity contribution is -0.125. The molecule has 0 aromatic heterocycles. The zero-order chi connectivity index (χ0) is 18.8. The summed E-state index contributed by atoms with van der Waals surface area (Å²) in [4.78, 5) is 27.1. The lowest BCUT2D eigenvalue weighted by Crippen LogP contribution is -2.37. The van der Waals surface area contributed by atoms with Gasteiger partial charge in [0.05, 0.1) is 0 Å². The van der Waals surface area contributed by atoms with E-state index in [4.69, 9.17) is 0 Å². The average molecular weight is 350 g/mol. The molecule has 2 aromatic rings. The maximum atomic E-state index is 12.8. The van der Waals surface area contributed by atoms with Crippen molar-refractivity contribution in [3.05, 3.63) is 59.2 Å². The monoisotopic (exact) mass is 350 g/mol. The van der Waals surface area contributed by atoms with Crippen LogP contribution in [0.2, 0.25) is 0 Å². The zero-order valence-corrected chi connectivity index (χ0v) is 15.9. The molecule has 26 heavy (non-hydrogen) atoms. The van der Waals surface area contributed by atoms with Crippen LogP contribution in [-0.2, 0) is 16.0 Å². The highest BCUT2D eigenvalue weighted by Crippen LogP contribution is 2.32. The van der Waals surface area contributed by atoms with E-state index in [1.54, 1.807) is 4.90 Å². The molecule has 0 aliphatic carbocycles. The van der Waals surface area contributed by atoms with Gasteiger partial charge in [-0.2, -0.15) is 0 Å². The number of para-hydroxylation sites is 2. The van der Waals surface area contributed by atoms with Gasteiger partial charge in [0.1, 0.15) is 6.42 Å².